The lowest BCUT2D eigenvalue weighted by Gasteiger charge is -2.15. The highest BCUT2D eigenvalue weighted by Crippen LogP contribution is 2.14. The number of aliphatic carboxylic acids is 1. The number of carboxylic acids is 1. The van der Waals surface area contributed by atoms with Crippen LogP contribution in [-0.2, 0) is 4.79 Å². The van der Waals surface area contributed by atoms with Gasteiger partial charge in [0, 0.05) is 18.8 Å². The van der Waals surface area contributed by atoms with Crippen LogP contribution in [0, 0.1) is 12.3 Å². The van der Waals surface area contributed by atoms with Crippen LogP contribution in [0.15, 0.2) is 30.3 Å². The van der Waals surface area contributed by atoms with Crippen molar-refractivity contribution in [2.24, 2.45) is 0 Å². The molecule has 3 nitrogen and oxygen atoms in total. The molecule has 1 N–H and O–H groups in total. The lowest BCUT2D eigenvalue weighted by molar-refractivity contribution is -0.131. The van der Waals surface area contributed by atoms with Gasteiger partial charge in [-0.1, -0.05) is 18.1 Å². The maximum Gasteiger partial charge on any atom is 0.328 e. The van der Waals surface area contributed by atoms with Gasteiger partial charge in [0.25, 0.3) is 0 Å². The molecule has 0 fully saturated rings. The zero-order chi connectivity index (χ0) is 12.0. The fourth-order valence-corrected chi connectivity index (χ4v) is 1.24. The van der Waals surface area contributed by atoms with Crippen molar-refractivity contribution in [3.63, 3.8) is 0 Å². The predicted octanol–water partition coefficient (Wildman–Crippen LogP) is 1.85. The highest BCUT2D eigenvalue weighted by molar-refractivity contribution is 5.85. The van der Waals surface area contributed by atoms with Crippen LogP contribution in [0.4, 0.5) is 5.69 Å². The minimum Gasteiger partial charge on any atom is -0.478 e. The number of rotatable bonds is 4. The van der Waals surface area contributed by atoms with Crippen LogP contribution in [0.25, 0.3) is 6.08 Å². The third-order valence-corrected chi connectivity index (χ3v) is 2.08. The van der Waals surface area contributed by atoms with Gasteiger partial charge in [0.05, 0.1) is 6.54 Å². The first-order valence-electron chi connectivity index (χ1n) is 4.79. The van der Waals surface area contributed by atoms with Crippen molar-refractivity contribution < 1.29 is 9.90 Å². The van der Waals surface area contributed by atoms with E-state index < -0.39 is 5.97 Å². The molecule has 0 bridgehead atoms. The molecule has 16 heavy (non-hydrogen) atoms. The maximum absolute atomic E-state index is 10.3. The van der Waals surface area contributed by atoms with Crippen molar-refractivity contribution in [2.75, 3.05) is 18.5 Å². The third-order valence-electron chi connectivity index (χ3n) is 2.08. The molecule has 0 heterocycles. The smallest absolute Gasteiger partial charge is 0.328 e. The quantitative estimate of drug-likeness (QED) is 0.615. The second-order valence-corrected chi connectivity index (χ2v) is 3.32. The average Bonchev–Trinajstić information content (AvgIpc) is 2.27. The van der Waals surface area contributed by atoms with Crippen LogP contribution in [0.3, 0.4) is 0 Å². The van der Waals surface area contributed by atoms with Crippen molar-refractivity contribution in [3.05, 3.63) is 35.9 Å². The Hall–Kier alpha value is -2.21. The van der Waals surface area contributed by atoms with E-state index >= 15 is 0 Å². The molecule has 1 aromatic rings. The predicted molar refractivity (Wildman–Crippen MR) is 65.2 cm³/mol. The van der Waals surface area contributed by atoms with Crippen LogP contribution < -0.4 is 4.90 Å². The molecule has 82 valence electrons. The lowest BCUT2D eigenvalue weighted by Crippen LogP contribution is -2.16. The largest absolute Gasteiger partial charge is 0.478 e. The number of nitrogens with zero attached hydrogens (tertiary/aromatic N) is 1. The molecule has 0 aromatic heterocycles. The van der Waals surface area contributed by atoms with Crippen LogP contribution in [0.2, 0.25) is 0 Å². The Kier molecular flexibility index (Phi) is 4.16. The molecule has 0 saturated carbocycles. The van der Waals surface area contributed by atoms with Crippen LogP contribution in [0.1, 0.15) is 5.56 Å². The minimum atomic E-state index is -0.950. The summed E-state index contributed by atoms with van der Waals surface area (Å²) in [6, 6.07) is 7.50. The van der Waals surface area contributed by atoms with E-state index in [0.29, 0.717) is 6.54 Å². The molecular formula is C13H13NO2. The molecule has 3 heteroatoms. The molecule has 0 saturated heterocycles. The zero-order valence-corrected chi connectivity index (χ0v) is 9.05. The molecule has 0 spiro atoms. The van der Waals surface area contributed by atoms with E-state index in [2.05, 4.69) is 5.92 Å². The molecule has 0 aliphatic heterocycles. The average molecular weight is 215 g/mol. The number of carboxylic acid groups (broad SMARTS) is 1. The maximum atomic E-state index is 10.3. The fraction of sp³-hybridized carbons (Fsp3) is 0.154. The number of hydrogen-bond donors (Lipinski definition) is 1. The monoisotopic (exact) mass is 215 g/mol. The highest BCUT2D eigenvalue weighted by Gasteiger charge is 1.97. The molecular weight excluding hydrogens is 202 g/mol. The summed E-state index contributed by atoms with van der Waals surface area (Å²) >= 11 is 0. The van der Waals surface area contributed by atoms with Gasteiger partial charge in [0.1, 0.15) is 0 Å². The van der Waals surface area contributed by atoms with E-state index in [1.165, 1.54) is 0 Å². The van der Waals surface area contributed by atoms with Gasteiger partial charge in [0.15, 0.2) is 0 Å². The second kappa shape index (κ2) is 5.62. The van der Waals surface area contributed by atoms with E-state index in [4.69, 9.17) is 11.5 Å². The number of hydrogen-bond acceptors (Lipinski definition) is 2. The summed E-state index contributed by atoms with van der Waals surface area (Å²) in [6.07, 6.45) is 7.87. The summed E-state index contributed by atoms with van der Waals surface area (Å²) in [4.78, 5) is 12.3. The van der Waals surface area contributed by atoms with Gasteiger partial charge in [0.2, 0.25) is 0 Å². The van der Waals surface area contributed by atoms with Gasteiger partial charge in [-0.3, -0.25) is 0 Å². The van der Waals surface area contributed by atoms with Crippen LogP contribution in [-0.4, -0.2) is 24.7 Å². The van der Waals surface area contributed by atoms with Crippen molar-refractivity contribution in [3.8, 4) is 12.3 Å². The van der Waals surface area contributed by atoms with E-state index in [1.807, 2.05) is 36.2 Å². The molecule has 1 rings (SSSR count). The van der Waals surface area contributed by atoms with E-state index in [-0.39, 0.29) is 0 Å². The Morgan fingerprint density at radius 1 is 1.50 bits per heavy atom. The normalized spacial score (nSPS) is 10.0. The number of anilines is 1. The van der Waals surface area contributed by atoms with Gasteiger partial charge in [-0.2, -0.15) is 0 Å². The topological polar surface area (TPSA) is 40.5 Å². The fourth-order valence-electron chi connectivity index (χ4n) is 1.24. The molecule has 0 aliphatic rings. The molecule has 0 amide bonds. The Bertz CT molecular complexity index is 426. The van der Waals surface area contributed by atoms with Crippen molar-refractivity contribution in [2.45, 2.75) is 0 Å². The van der Waals surface area contributed by atoms with Gasteiger partial charge in [-0.05, 0) is 23.8 Å². The van der Waals surface area contributed by atoms with Crippen LogP contribution >= 0.6 is 0 Å². The van der Waals surface area contributed by atoms with Gasteiger partial charge >= 0.3 is 5.97 Å². The van der Waals surface area contributed by atoms with Crippen molar-refractivity contribution >= 4 is 17.7 Å². The summed E-state index contributed by atoms with van der Waals surface area (Å²) in [5.74, 6) is 1.60. The number of carbonyl (C=O) groups is 1. The molecule has 0 atom stereocenters. The molecule has 0 unspecified atom stereocenters. The summed E-state index contributed by atoms with van der Waals surface area (Å²) in [6.45, 7) is 0.546. The third kappa shape index (κ3) is 3.50. The zero-order valence-electron chi connectivity index (χ0n) is 9.05. The van der Waals surface area contributed by atoms with Crippen molar-refractivity contribution in [1.82, 2.24) is 0 Å². The van der Waals surface area contributed by atoms with Crippen LogP contribution in [0.5, 0.6) is 0 Å². The lowest BCUT2D eigenvalue weighted by atomic mass is 10.2. The first-order valence-corrected chi connectivity index (χ1v) is 4.79. The van der Waals surface area contributed by atoms with Gasteiger partial charge in [-0.25, -0.2) is 4.79 Å². The molecule has 1 aromatic carbocycles. The minimum absolute atomic E-state index is 0.546. The second-order valence-electron chi connectivity index (χ2n) is 3.32. The van der Waals surface area contributed by atoms with Gasteiger partial charge < -0.3 is 10.0 Å². The standard InChI is InChI=1S/C13H13NO2/c1-3-10-14(2)12-7-4-11(5-8-12)6-9-13(15)16/h1,4-9H,10H2,2H3,(H,15,16)/b9-6+. The summed E-state index contributed by atoms with van der Waals surface area (Å²) in [7, 11) is 1.90. The van der Waals surface area contributed by atoms with Gasteiger partial charge in [-0.15, -0.1) is 6.42 Å². The Morgan fingerprint density at radius 2 is 2.12 bits per heavy atom. The Labute approximate surface area is 95.0 Å². The summed E-state index contributed by atoms with van der Waals surface area (Å²) in [5.41, 5.74) is 1.85. The van der Waals surface area contributed by atoms with E-state index in [9.17, 15) is 4.79 Å². The Morgan fingerprint density at radius 3 is 2.62 bits per heavy atom. The molecule has 0 radical (unpaired) electrons. The summed E-state index contributed by atoms with van der Waals surface area (Å²) < 4.78 is 0. The Balaban J connectivity index is 2.76. The highest BCUT2D eigenvalue weighted by atomic mass is 16.4. The summed E-state index contributed by atoms with van der Waals surface area (Å²) in [5, 5.41) is 8.47. The van der Waals surface area contributed by atoms with E-state index in [1.54, 1.807) is 6.08 Å². The number of terminal acetylenes is 1. The first kappa shape index (κ1) is 11.9. The number of benzene rings is 1. The van der Waals surface area contributed by atoms with E-state index in [0.717, 1.165) is 17.3 Å². The SMILES string of the molecule is C#CCN(C)c1ccc(/C=C/C(=O)O)cc1. The molecule has 0 aliphatic carbocycles. The first-order chi connectivity index (χ1) is 7.63. The van der Waals surface area contributed by atoms with Crippen molar-refractivity contribution in [1.29, 1.82) is 0 Å².